The number of hydrogen-bond acceptors (Lipinski definition) is 3. The molecule has 5 nitrogen and oxygen atoms in total. The average Bonchev–Trinajstić information content (AvgIpc) is 2.95. The van der Waals surface area contributed by atoms with E-state index in [2.05, 4.69) is 26.3 Å². The van der Waals surface area contributed by atoms with Gasteiger partial charge in [-0.15, -0.1) is 0 Å². The Morgan fingerprint density at radius 3 is 2.95 bits per heavy atom. The van der Waals surface area contributed by atoms with Gasteiger partial charge in [0.2, 0.25) is 5.91 Å². The second-order valence-electron chi connectivity index (χ2n) is 4.51. The molecule has 0 aromatic carbocycles. The molecule has 19 heavy (non-hydrogen) atoms. The van der Waals surface area contributed by atoms with E-state index in [0.717, 1.165) is 16.0 Å². The Hall–Kier alpha value is -1.56. The quantitative estimate of drug-likeness (QED) is 0.918. The minimum absolute atomic E-state index is 0.0133. The maximum atomic E-state index is 11.9. The number of aryl methyl sites for hydroxylation is 1. The smallest absolute Gasteiger partial charge is 0.225 e. The van der Waals surface area contributed by atoms with Crippen LogP contribution >= 0.6 is 15.9 Å². The highest BCUT2D eigenvalue weighted by Crippen LogP contribution is 2.09. The fourth-order valence-corrected chi connectivity index (χ4v) is 2.06. The lowest BCUT2D eigenvalue weighted by Gasteiger charge is -2.11. The van der Waals surface area contributed by atoms with Crippen LogP contribution in [0.25, 0.3) is 0 Å². The maximum Gasteiger partial charge on any atom is 0.225 e. The van der Waals surface area contributed by atoms with Gasteiger partial charge in [0, 0.05) is 6.20 Å². The standard InChI is InChI=1S/C13H16BrN3O2/c1-9(7-17-8-11(14)5-16-17)13(18)15-6-12-4-3-10(2)19-12/h3-5,8-9H,6-7H2,1-2H3,(H,15,18). The Balaban J connectivity index is 1.82. The lowest BCUT2D eigenvalue weighted by molar-refractivity contribution is -0.125. The number of carbonyl (C=O) groups excluding carboxylic acids is 1. The first-order valence-corrected chi connectivity index (χ1v) is 6.85. The largest absolute Gasteiger partial charge is 0.465 e. The van der Waals surface area contributed by atoms with Gasteiger partial charge in [0.25, 0.3) is 0 Å². The van der Waals surface area contributed by atoms with Crippen LogP contribution in [0.1, 0.15) is 18.4 Å². The van der Waals surface area contributed by atoms with Crippen LogP contribution in [0.4, 0.5) is 0 Å². The molecule has 0 bridgehead atoms. The van der Waals surface area contributed by atoms with Gasteiger partial charge >= 0.3 is 0 Å². The van der Waals surface area contributed by atoms with Gasteiger partial charge < -0.3 is 9.73 Å². The van der Waals surface area contributed by atoms with Crippen molar-refractivity contribution in [3.63, 3.8) is 0 Å². The number of furan rings is 1. The molecule has 2 aromatic rings. The number of carbonyl (C=O) groups is 1. The molecule has 2 heterocycles. The highest BCUT2D eigenvalue weighted by molar-refractivity contribution is 9.10. The van der Waals surface area contributed by atoms with E-state index in [0.29, 0.717) is 13.1 Å². The van der Waals surface area contributed by atoms with Crippen molar-refractivity contribution in [2.75, 3.05) is 0 Å². The summed E-state index contributed by atoms with van der Waals surface area (Å²) in [5.74, 6) is 1.45. The Morgan fingerprint density at radius 1 is 1.58 bits per heavy atom. The molecular formula is C13H16BrN3O2. The molecule has 6 heteroatoms. The summed E-state index contributed by atoms with van der Waals surface area (Å²) in [7, 11) is 0. The number of nitrogens with zero attached hydrogens (tertiary/aromatic N) is 2. The molecule has 0 aliphatic rings. The summed E-state index contributed by atoms with van der Waals surface area (Å²) >= 11 is 3.33. The number of amides is 1. The van der Waals surface area contributed by atoms with Crippen LogP contribution in [0.5, 0.6) is 0 Å². The number of halogens is 1. The van der Waals surface area contributed by atoms with Gasteiger partial charge in [-0.2, -0.15) is 5.10 Å². The normalized spacial score (nSPS) is 12.4. The predicted molar refractivity (Wildman–Crippen MR) is 74.4 cm³/mol. The third-order valence-corrected chi connectivity index (χ3v) is 3.15. The zero-order valence-electron chi connectivity index (χ0n) is 10.9. The van der Waals surface area contributed by atoms with Crippen molar-refractivity contribution < 1.29 is 9.21 Å². The summed E-state index contributed by atoms with van der Waals surface area (Å²) in [6, 6.07) is 3.75. The minimum Gasteiger partial charge on any atom is -0.465 e. The molecule has 0 fully saturated rings. The topological polar surface area (TPSA) is 60.1 Å². The molecule has 0 saturated heterocycles. The van der Waals surface area contributed by atoms with Crippen molar-refractivity contribution in [2.24, 2.45) is 5.92 Å². The highest BCUT2D eigenvalue weighted by atomic mass is 79.9. The first-order valence-electron chi connectivity index (χ1n) is 6.05. The van der Waals surface area contributed by atoms with E-state index in [1.807, 2.05) is 32.2 Å². The molecule has 102 valence electrons. The van der Waals surface area contributed by atoms with E-state index in [4.69, 9.17) is 4.42 Å². The van der Waals surface area contributed by atoms with Crippen LogP contribution < -0.4 is 5.32 Å². The second kappa shape index (κ2) is 6.06. The van der Waals surface area contributed by atoms with Gasteiger partial charge in [0.15, 0.2) is 0 Å². The van der Waals surface area contributed by atoms with Crippen molar-refractivity contribution in [3.8, 4) is 0 Å². The van der Waals surface area contributed by atoms with Crippen LogP contribution in [0, 0.1) is 12.8 Å². The summed E-state index contributed by atoms with van der Waals surface area (Å²) in [4.78, 5) is 11.9. The summed E-state index contributed by atoms with van der Waals surface area (Å²) in [6.07, 6.45) is 3.55. The Morgan fingerprint density at radius 2 is 2.37 bits per heavy atom. The Labute approximate surface area is 120 Å². The number of aromatic nitrogens is 2. The van der Waals surface area contributed by atoms with Gasteiger partial charge in [-0.05, 0) is 35.0 Å². The van der Waals surface area contributed by atoms with Crippen LogP contribution in [0.2, 0.25) is 0 Å². The van der Waals surface area contributed by atoms with Crippen molar-refractivity contribution >= 4 is 21.8 Å². The molecule has 0 radical (unpaired) electrons. The summed E-state index contributed by atoms with van der Waals surface area (Å²) in [6.45, 7) is 4.72. The van der Waals surface area contributed by atoms with E-state index in [9.17, 15) is 4.79 Å². The molecule has 0 aliphatic heterocycles. The van der Waals surface area contributed by atoms with E-state index in [1.54, 1.807) is 10.9 Å². The molecule has 0 spiro atoms. The molecule has 2 aromatic heterocycles. The van der Waals surface area contributed by atoms with Gasteiger partial charge in [0.05, 0.1) is 29.7 Å². The van der Waals surface area contributed by atoms with Crippen molar-refractivity contribution in [1.82, 2.24) is 15.1 Å². The van der Waals surface area contributed by atoms with Crippen molar-refractivity contribution in [2.45, 2.75) is 26.9 Å². The summed E-state index contributed by atoms with van der Waals surface area (Å²) in [5.41, 5.74) is 0. The van der Waals surface area contributed by atoms with Crippen molar-refractivity contribution in [1.29, 1.82) is 0 Å². The van der Waals surface area contributed by atoms with Gasteiger partial charge in [-0.1, -0.05) is 6.92 Å². The van der Waals surface area contributed by atoms with Crippen molar-refractivity contribution in [3.05, 3.63) is 40.5 Å². The van der Waals surface area contributed by atoms with E-state index in [1.165, 1.54) is 0 Å². The van der Waals surface area contributed by atoms with Crippen LogP contribution in [0.15, 0.2) is 33.4 Å². The lowest BCUT2D eigenvalue weighted by atomic mass is 10.1. The highest BCUT2D eigenvalue weighted by Gasteiger charge is 2.14. The number of rotatable bonds is 5. The molecule has 1 amide bonds. The maximum absolute atomic E-state index is 11.9. The van der Waals surface area contributed by atoms with E-state index >= 15 is 0 Å². The fourth-order valence-electron chi connectivity index (χ4n) is 1.73. The van der Waals surface area contributed by atoms with Gasteiger partial charge in [-0.25, -0.2) is 0 Å². The van der Waals surface area contributed by atoms with Crippen LogP contribution in [-0.4, -0.2) is 15.7 Å². The fraction of sp³-hybridized carbons (Fsp3) is 0.385. The first-order chi connectivity index (χ1) is 9.04. The second-order valence-corrected chi connectivity index (χ2v) is 5.43. The molecule has 0 saturated carbocycles. The van der Waals surface area contributed by atoms with E-state index in [-0.39, 0.29) is 11.8 Å². The van der Waals surface area contributed by atoms with Crippen LogP contribution in [-0.2, 0) is 17.9 Å². The molecule has 1 N–H and O–H groups in total. The SMILES string of the molecule is Cc1ccc(CNC(=O)C(C)Cn2cc(Br)cn2)o1. The molecule has 1 atom stereocenters. The molecule has 1 unspecified atom stereocenters. The Kier molecular flexibility index (Phi) is 4.42. The Bertz CT molecular complexity index is 562. The lowest BCUT2D eigenvalue weighted by Crippen LogP contribution is -2.31. The molecular weight excluding hydrogens is 310 g/mol. The summed E-state index contributed by atoms with van der Waals surface area (Å²) in [5, 5.41) is 6.98. The molecule has 0 aliphatic carbocycles. The van der Waals surface area contributed by atoms with Gasteiger partial charge in [0.1, 0.15) is 11.5 Å². The third-order valence-electron chi connectivity index (χ3n) is 2.74. The first kappa shape index (κ1) is 13.9. The summed E-state index contributed by atoms with van der Waals surface area (Å²) < 4.78 is 8.05. The zero-order chi connectivity index (χ0) is 13.8. The average molecular weight is 326 g/mol. The number of nitrogens with one attached hydrogen (secondary N) is 1. The van der Waals surface area contributed by atoms with E-state index < -0.39 is 0 Å². The third kappa shape index (κ3) is 3.96. The monoisotopic (exact) mass is 325 g/mol. The predicted octanol–water partition coefficient (Wildman–Crippen LogP) is 2.50. The van der Waals surface area contributed by atoms with Crippen LogP contribution in [0.3, 0.4) is 0 Å². The number of hydrogen-bond donors (Lipinski definition) is 1. The molecule has 2 rings (SSSR count). The van der Waals surface area contributed by atoms with Gasteiger partial charge in [-0.3, -0.25) is 9.48 Å². The zero-order valence-corrected chi connectivity index (χ0v) is 12.5. The minimum atomic E-state index is -0.150.